The average Bonchev–Trinajstić information content (AvgIpc) is 3.34. The molecule has 0 radical (unpaired) electrons. The number of aryl methyl sites for hydroxylation is 2. The second-order valence-electron chi connectivity index (χ2n) is 8.11. The van der Waals surface area contributed by atoms with Crippen LogP contribution >= 0.6 is 0 Å². The Morgan fingerprint density at radius 3 is 2.15 bits per heavy atom. The van der Waals surface area contributed by atoms with Crippen LogP contribution in [-0.2, 0) is 16.6 Å². The van der Waals surface area contributed by atoms with Gasteiger partial charge in [-0.25, -0.2) is 18.4 Å². The van der Waals surface area contributed by atoms with Crippen molar-refractivity contribution in [3.05, 3.63) is 77.1 Å². The quantitative estimate of drug-likeness (QED) is 0.553. The summed E-state index contributed by atoms with van der Waals surface area (Å²) in [6, 6.07) is 15.6. The average molecular weight is 466 g/mol. The van der Waals surface area contributed by atoms with Crippen molar-refractivity contribution in [3.63, 3.8) is 0 Å². The highest BCUT2D eigenvalue weighted by Crippen LogP contribution is 2.21. The molecule has 0 atom stereocenters. The molecule has 1 aromatic heterocycles. The van der Waals surface area contributed by atoms with Gasteiger partial charge in [0.05, 0.1) is 4.90 Å². The molecule has 33 heavy (non-hydrogen) atoms. The van der Waals surface area contributed by atoms with Gasteiger partial charge in [0.25, 0.3) is 5.91 Å². The molecular formula is C24H27N5O3S. The van der Waals surface area contributed by atoms with Crippen LogP contribution in [0.5, 0.6) is 0 Å². The third-order valence-corrected chi connectivity index (χ3v) is 7.38. The van der Waals surface area contributed by atoms with Crippen molar-refractivity contribution in [1.82, 2.24) is 19.6 Å². The predicted octanol–water partition coefficient (Wildman–Crippen LogP) is 3.55. The zero-order valence-corrected chi connectivity index (χ0v) is 19.5. The molecule has 0 spiro atoms. The summed E-state index contributed by atoms with van der Waals surface area (Å²) in [5.41, 5.74) is 3.89. The molecule has 4 rings (SSSR count). The molecule has 1 saturated heterocycles. The third kappa shape index (κ3) is 5.55. The summed E-state index contributed by atoms with van der Waals surface area (Å²) in [6.07, 6.45) is 1.81. The molecule has 1 amide bonds. The van der Waals surface area contributed by atoms with E-state index in [9.17, 15) is 13.2 Å². The van der Waals surface area contributed by atoms with Gasteiger partial charge in [-0.2, -0.15) is 4.31 Å². The molecule has 172 valence electrons. The Bertz CT molecular complexity index is 1220. The van der Waals surface area contributed by atoms with E-state index in [1.165, 1.54) is 4.31 Å². The van der Waals surface area contributed by atoms with Crippen LogP contribution in [0.4, 0.5) is 11.6 Å². The molecule has 0 bridgehead atoms. The highest BCUT2D eigenvalue weighted by atomic mass is 32.2. The molecule has 3 aromatic rings. The largest absolute Gasteiger partial charge is 0.348 e. The topological polar surface area (TPSA) is 104 Å². The molecule has 8 nitrogen and oxygen atoms in total. The number of amides is 1. The summed E-state index contributed by atoms with van der Waals surface area (Å²) in [7, 11) is -3.43. The van der Waals surface area contributed by atoms with Crippen molar-refractivity contribution in [2.24, 2.45) is 0 Å². The smallest absolute Gasteiger partial charge is 0.251 e. The molecule has 0 unspecified atom stereocenters. The summed E-state index contributed by atoms with van der Waals surface area (Å²) < 4.78 is 26.8. The Morgan fingerprint density at radius 1 is 0.939 bits per heavy atom. The maximum atomic E-state index is 12.6. The van der Waals surface area contributed by atoms with E-state index < -0.39 is 10.0 Å². The van der Waals surface area contributed by atoms with Crippen LogP contribution in [-0.4, -0.2) is 41.7 Å². The predicted molar refractivity (Wildman–Crippen MR) is 127 cm³/mol. The van der Waals surface area contributed by atoms with Crippen LogP contribution in [0.25, 0.3) is 0 Å². The zero-order chi connectivity index (χ0) is 23.4. The van der Waals surface area contributed by atoms with Crippen molar-refractivity contribution >= 4 is 27.6 Å². The number of carbonyl (C=O) groups excluding carboxylic acids is 1. The van der Waals surface area contributed by atoms with Gasteiger partial charge in [-0.3, -0.25) is 4.79 Å². The van der Waals surface area contributed by atoms with Crippen LogP contribution < -0.4 is 10.6 Å². The van der Waals surface area contributed by atoms with Gasteiger partial charge < -0.3 is 10.6 Å². The van der Waals surface area contributed by atoms with E-state index in [2.05, 4.69) is 20.6 Å². The minimum Gasteiger partial charge on any atom is -0.348 e. The zero-order valence-electron chi connectivity index (χ0n) is 18.7. The summed E-state index contributed by atoms with van der Waals surface area (Å²) in [4.78, 5) is 21.5. The lowest BCUT2D eigenvalue weighted by molar-refractivity contribution is 0.0951. The SMILES string of the molecule is Cc1cc(C)nc(Nc2ccc(C(=O)NCc3ccc(S(=O)(=O)N4CCCC4)cc3)cc2)n1. The van der Waals surface area contributed by atoms with Crippen molar-refractivity contribution in [1.29, 1.82) is 0 Å². The number of rotatable bonds is 7. The van der Waals surface area contributed by atoms with E-state index in [1.54, 1.807) is 48.5 Å². The van der Waals surface area contributed by atoms with E-state index in [0.29, 0.717) is 31.1 Å². The molecule has 2 aromatic carbocycles. The molecule has 0 saturated carbocycles. The fourth-order valence-electron chi connectivity index (χ4n) is 3.76. The van der Waals surface area contributed by atoms with Gasteiger partial charge in [-0.05, 0) is 74.7 Å². The first-order chi connectivity index (χ1) is 15.8. The van der Waals surface area contributed by atoms with Crippen LogP contribution in [0.3, 0.4) is 0 Å². The Hall–Kier alpha value is -3.30. The number of anilines is 2. The molecule has 2 N–H and O–H groups in total. The van der Waals surface area contributed by atoms with E-state index in [4.69, 9.17) is 0 Å². The van der Waals surface area contributed by atoms with Gasteiger partial charge in [0.1, 0.15) is 0 Å². The van der Waals surface area contributed by atoms with E-state index in [-0.39, 0.29) is 10.8 Å². The van der Waals surface area contributed by atoms with Crippen LogP contribution in [0.15, 0.2) is 59.5 Å². The fourth-order valence-corrected chi connectivity index (χ4v) is 5.27. The molecule has 1 aliphatic rings. The fraction of sp³-hybridized carbons (Fsp3) is 0.292. The minimum atomic E-state index is -3.43. The lowest BCUT2D eigenvalue weighted by atomic mass is 10.1. The first-order valence-corrected chi connectivity index (χ1v) is 12.3. The molecular weight excluding hydrogens is 438 g/mol. The van der Waals surface area contributed by atoms with Crippen LogP contribution in [0.1, 0.15) is 40.2 Å². The van der Waals surface area contributed by atoms with E-state index in [1.807, 2.05) is 19.9 Å². The maximum Gasteiger partial charge on any atom is 0.251 e. The highest BCUT2D eigenvalue weighted by Gasteiger charge is 2.26. The highest BCUT2D eigenvalue weighted by molar-refractivity contribution is 7.89. The molecule has 1 fully saturated rings. The maximum absolute atomic E-state index is 12.6. The van der Waals surface area contributed by atoms with Crippen molar-refractivity contribution in [2.75, 3.05) is 18.4 Å². The van der Waals surface area contributed by atoms with Gasteiger partial charge in [0.2, 0.25) is 16.0 Å². The van der Waals surface area contributed by atoms with Crippen molar-refractivity contribution < 1.29 is 13.2 Å². The molecule has 2 heterocycles. The molecule has 9 heteroatoms. The Balaban J connectivity index is 1.34. The Kier molecular flexibility index (Phi) is 6.71. The van der Waals surface area contributed by atoms with Crippen molar-refractivity contribution in [3.8, 4) is 0 Å². The first kappa shape index (κ1) is 22.9. The number of aromatic nitrogens is 2. The van der Waals surface area contributed by atoms with Gasteiger partial charge in [0.15, 0.2) is 0 Å². The standard InChI is InChI=1S/C24H27N5O3S/c1-17-15-18(2)27-24(26-17)28-21-9-7-20(8-10-21)23(30)25-16-19-5-11-22(12-6-19)33(31,32)29-13-3-4-14-29/h5-12,15H,3-4,13-14,16H2,1-2H3,(H,25,30)(H,26,27,28). The second-order valence-corrected chi connectivity index (χ2v) is 10.1. The number of benzene rings is 2. The van der Waals surface area contributed by atoms with Gasteiger partial charge in [0, 0.05) is 42.3 Å². The van der Waals surface area contributed by atoms with E-state index >= 15 is 0 Å². The summed E-state index contributed by atoms with van der Waals surface area (Å²) in [5, 5.41) is 6.01. The van der Waals surface area contributed by atoms with Gasteiger partial charge in [-0.15, -0.1) is 0 Å². The van der Waals surface area contributed by atoms with Gasteiger partial charge >= 0.3 is 0 Å². The summed E-state index contributed by atoms with van der Waals surface area (Å²) in [5.74, 6) is 0.304. The lowest BCUT2D eigenvalue weighted by Gasteiger charge is -2.15. The summed E-state index contributed by atoms with van der Waals surface area (Å²) >= 11 is 0. The van der Waals surface area contributed by atoms with Crippen molar-refractivity contribution in [2.45, 2.75) is 38.1 Å². The third-order valence-electron chi connectivity index (χ3n) is 5.46. The lowest BCUT2D eigenvalue weighted by Crippen LogP contribution is -2.28. The Morgan fingerprint density at radius 2 is 1.55 bits per heavy atom. The summed E-state index contributed by atoms with van der Waals surface area (Å²) in [6.45, 7) is 5.28. The number of nitrogens with one attached hydrogen (secondary N) is 2. The number of carbonyl (C=O) groups is 1. The van der Waals surface area contributed by atoms with Crippen LogP contribution in [0.2, 0.25) is 0 Å². The monoisotopic (exact) mass is 465 g/mol. The van der Waals surface area contributed by atoms with Gasteiger partial charge in [-0.1, -0.05) is 12.1 Å². The molecule has 0 aliphatic carbocycles. The Labute approximate surface area is 194 Å². The van der Waals surface area contributed by atoms with E-state index in [0.717, 1.165) is 35.5 Å². The van der Waals surface area contributed by atoms with Crippen LogP contribution in [0, 0.1) is 13.8 Å². The minimum absolute atomic E-state index is 0.210. The number of nitrogens with zero attached hydrogens (tertiary/aromatic N) is 3. The number of hydrogen-bond donors (Lipinski definition) is 2. The number of sulfonamides is 1. The molecule has 1 aliphatic heterocycles. The second kappa shape index (κ2) is 9.68. The first-order valence-electron chi connectivity index (χ1n) is 10.9. The number of hydrogen-bond acceptors (Lipinski definition) is 6. The normalized spacial score (nSPS) is 14.2.